The van der Waals surface area contributed by atoms with Crippen molar-refractivity contribution in [2.24, 2.45) is 17.8 Å². The number of carbonyl (C=O) groups is 1. The number of carbonyl (C=O) groups excluding carboxylic acids is 1. The summed E-state index contributed by atoms with van der Waals surface area (Å²) in [5.74, 6) is 3.56. The highest BCUT2D eigenvalue weighted by atomic mass is 16.2. The molecule has 0 N–H and O–H groups in total. The summed E-state index contributed by atoms with van der Waals surface area (Å²) in [5.41, 5.74) is 4.98. The fraction of sp³-hybridized carbons (Fsp3) is 0.515. The summed E-state index contributed by atoms with van der Waals surface area (Å²) in [5, 5.41) is 0. The van der Waals surface area contributed by atoms with Gasteiger partial charge in [0.2, 0.25) is 5.91 Å². The Hall–Kier alpha value is -2.92. The molecule has 38 heavy (non-hydrogen) atoms. The van der Waals surface area contributed by atoms with Crippen LogP contribution in [0.3, 0.4) is 0 Å². The van der Waals surface area contributed by atoms with Crippen LogP contribution in [0.5, 0.6) is 0 Å². The van der Waals surface area contributed by atoms with Crippen molar-refractivity contribution in [3.05, 3.63) is 77.6 Å². The SMILES string of the molecule is Cc1ccc(Cc2ccccc2-c2nccn2CCC(=O)N2CCC(CN3CC(C)CC(C)C3)CC2)cc1. The van der Waals surface area contributed by atoms with E-state index in [1.807, 2.05) is 12.4 Å². The Kier molecular flexibility index (Phi) is 8.63. The smallest absolute Gasteiger partial charge is 0.224 e. The number of aryl methyl sites for hydroxylation is 2. The van der Waals surface area contributed by atoms with Crippen LogP contribution in [-0.2, 0) is 17.8 Å². The number of nitrogens with zero attached hydrogens (tertiary/aromatic N) is 4. The molecule has 2 atom stereocenters. The van der Waals surface area contributed by atoms with Crippen molar-refractivity contribution in [3.63, 3.8) is 0 Å². The van der Waals surface area contributed by atoms with Gasteiger partial charge in [-0.25, -0.2) is 4.98 Å². The van der Waals surface area contributed by atoms with Crippen molar-refractivity contribution in [3.8, 4) is 11.4 Å². The Balaban J connectivity index is 1.15. The standard InChI is InChI=1S/C33H44N4O/c1-25-8-10-28(11-9-25)21-30-6-4-5-7-31(30)33-34-15-19-37(33)18-14-32(38)36-16-12-29(13-17-36)24-35-22-26(2)20-27(3)23-35/h4-11,15,19,26-27,29H,12-14,16-18,20-24H2,1-3H3. The number of hydrogen-bond acceptors (Lipinski definition) is 3. The summed E-state index contributed by atoms with van der Waals surface area (Å²) in [6.07, 6.45) is 8.89. The summed E-state index contributed by atoms with van der Waals surface area (Å²) in [6, 6.07) is 17.3. The molecule has 0 spiro atoms. The van der Waals surface area contributed by atoms with Gasteiger partial charge in [-0.05, 0) is 61.5 Å². The summed E-state index contributed by atoms with van der Waals surface area (Å²) in [6.45, 7) is 13.0. The lowest BCUT2D eigenvalue weighted by Gasteiger charge is -2.39. The zero-order valence-corrected chi connectivity index (χ0v) is 23.5. The number of rotatable bonds is 8. The highest BCUT2D eigenvalue weighted by Crippen LogP contribution is 2.27. The molecule has 1 aromatic heterocycles. The Labute approximate surface area is 228 Å². The molecule has 3 heterocycles. The molecule has 0 saturated carbocycles. The molecule has 2 fully saturated rings. The number of aromatic nitrogens is 2. The molecule has 2 saturated heterocycles. The Morgan fingerprint density at radius 2 is 1.68 bits per heavy atom. The first-order chi connectivity index (χ1) is 18.4. The summed E-state index contributed by atoms with van der Waals surface area (Å²) in [4.78, 5) is 22.6. The zero-order chi connectivity index (χ0) is 26.5. The first kappa shape index (κ1) is 26.7. The highest BCUT2D eigenvalue weighted by Gasteiger charge is 2.27. The lowest BCUT2D eigenvalue weighted by molar-refractivity contribution is -0.132. The maximum Gasteiger partial charge on any atom is 0.224 e. The van der Waals surface area contributed by atoms with E-state index in [1.54, 1.807) is 0 Å². The average molecular weight is 513 g/mol. The van der Waals surface area contributed by atoms with Crippen LogP contribution in [0.4, 0.5) is 0 Å². The Morgan fingerprint density at radius 1 is 0.974 bits per heavy atom. The van der Waals surface area contributed by atoms with Crippen LogP contribution >= 0.6 is 0 Å². The summed E-state index contributed by atoms with van der Waals surface area (Å²) >= 11 is 0. The van der Waals surface area contributed by atoms with Crippen molar-refractivity contribution in [2.45, 2.75) is 59.4 Å². The molecule has 2 unspecified atom stereocenters. The summed E-state index contributed by atoms with van der Waals surface area (Å²) < 4.78 is 2.15. The van der Waals surface area contributed by atoms with Crippen molar-refractivity contribution >= 4 is 5.91 Å². The normalized spacial score (nSPS) is 21.1. The van der Waals surface area contributed by atoms with Crippen molar-refractivity contribution in [2.75, 3.05) is 32.7 Å². The Morgan fingerprint density at radius 3 is 2.42 bits per heavy atom. The molecule has 2 aliphatic rings. The first-order valence-corrected chi connectivity index (χ1v) is 14.6. The van der Waals surface area contributed by atoms with Gasteiger partial charge in [0.25, 0.3) is 0 Å². The molecule has 3 aromatic rings. The third-order valence-corrected chi connectivity index (χ3v) is 8.48. The average Bonchev–Trinajstić information content (AvgIpc) is 3.37. The monoisotopic (exact) mass is 512 g/mol. The van der Waals surface area contributed by atoms with Crippen LogP contribution in [0, 0.1) is 24.7 Å². The fourth-order valence-electron chi connectivity index (χ4n) is 6.60. The van der Waals surface area contributed by atoms with E-state index in [4.69, 9.17) is 4.98 Å². The number of benzene rings is 2. The lowest BCUT2D eigenvalue weighted by atomic mass is 9.89. The molecule has 1 amide bonds. The molecular formula is C33H44N4O. The predicted octanol–water partition coefficient (Wildman–Crippen LogP) is 6.06. The van der Waals surface area contributed by atoms with Gasteiger partial charge >= 0.3 is 0 Å². The van der Waals surface area contributed by atoms with E-state index in [2.05, 4.69) is 83.7 Å². The quantitative estimate of drug-likeness (QED) is 0.369. The molecule has 0 bridgehead atoms. The third-order valence-electron chi connectivity index (χ3n) is 8.48. The lowest BCUT2D eigenvalue weighted by Crippen LogP contribution is -2.45. The molecule has 0 radical (unpaired) electrons. The first-order valence-electron chi connectivity index (χ1n) is 14.6. The topological polar surface area (TPSA) is 41.4 Å². The summed E-state index contributed by atoms with van der Waals surface area (Å²) in [7, 11) is 0. The number of hydrogen-bond donors (Lipinski definition) is 0. The van der Waals surface area contributed by atoms with Gasteiger partial charge in [-0.1, -0.05) is 67.9 Å². The molecule has 2 aromatic carbocycles. The van der Waals surface area contributed by atoms with Crippen LogP contribution in [0.1, 0.15) is 56.2 Å². The van der Waals surface area contributed by atoms with Crippen LogP contribution in [-0.4, -0.2) is 58.0 Å². The van der Waals surface area contributed by atoms with Gasteiger partial charge in [0.1, 0.15) is 5.82 Å². The van der Waals surface area contributed by atoms with E-state index < -0.39 is 0 Å². The maximum absolute atomic E-state index is 13.1. The van der Waals surface area contributed by atoms with E-state index in [1.165, 1.54) is 42.7 Å². The number of piperidine rings is 2. The van der Waals surface area contributed by atoms with Crippen LogP contribution in [0.25, 0.3) is 11.4 Å². The molecular weight excluding hydrogens is 468 g/mol. The molecule has 5 rings (SSSR count). The number of likely N-dealkylation sites (tertiary alicyclic amines) is 2. The third kappa shape index (κ3) is 6.74. The van der Waals surface area contributed by atoms with E-state index in [9.17, 15) is 4.79 Å². The van der Waals surface area contributed by atoms with E-state index in [0.717, 1.165) is 61.5 Å². The van der Waals surface area contributed by atoms with E-state index in [0.29, 0.717) is 13.0 Å². The van der Waals surface area contributed by atoms with Gasteiger partial charge in [0.15, 0.2) is 0 Å². The minimum Gasteiger partial charge on any atom is -0.343 e. The highest BCUT2D eigenvalue weighted by molar-refractivity contribution is 5.76. The molecule has 0 aliphatic carbocycles. The maximum atomic E-state index is 13.1. The van der Waals surface area contributed by atoms with Crippen LogP contribution in [0.2, 0.25) is 0 Å². The van der Waals surface area contributed by atoms with Crippen molar-refractivity contribution < 1.29 is 4.79 Å². The molecule has 2 aliphatic heterocycles. The second kappa shape index (κ2) is 12.3. The van der Waals surface area contributed by atoms with Crippen LogP contribution < -0.4 is 0 Å². The van der Waals surface area contributed by atoms with Gasteiger partial charge in [-0.2, -0.15) is 0 Å². The van der Waals surface area contributed by atoms with Crippen molar-refractivity contribution in [1.29, 1.82) is 0 Å². The molecule has 5 nitrogen and oxygen atoms in total. The number of imidazole rings is 1. The Bertz CT molecular complexity index is 1180. The van der Waals surface area contributed by atoms with Gasteiger partial charge in [0, 0.05) is 63.6 Å². The van der Waals surface area contributed by atoms with Gasteiger partial charge in [0.05, 0.1) is 0 Å². The number of amides is 1. The van der Waals surface area contributed by atoms with Gasteiger partial charge in [-0.3, -0.25) is 4.79 Å². The minimum atomic E-state index is 0.274. The largest absolute Gasteiger partial charge is 0.343 e. The second-order valence-electron chi connectivity index (χ2n) is 12.0. The second-order valence-corrected chi connectivity index (χ2v) is 12.0. The molecule has 5 heteroatoms. The molecule has 202 valence electrons. The van der Waals surface area contributed by atoms with E-state index >= 15 is 0 Å². The zero-order valence-electron chi connectivity index (χ0n) is 23.5. The minimum absolute atomic E-state index is 0.274. The van der Waals surface area contributed by atoms with Crippen molar-refractivity contribution in [1.82, 2.24) is 19.4 Å². The van der Waals surface area contributed by atoms with E-state index in [-0.39, 0.29) is 5.91 Å². The van der Waals surface area contributed by atoms with Gasteiger partial charge < -0.3 is 14.4 Å². The predicted molar refractivity (Wildman–Crippen MR) is 155 cm³/mol. The van der Waals surface area contributed by atoms with Gasteiger partial charge in [-0.15, -0.1) is 0 Å². The fourth-order valence-corrected chi connectivity index (χ4v) is 6.60. The van der Waals surface area contributed by atoms with Crippen LogP contribution in [0.15, 0.2) is 60.9 Å².